The highest BCUT2D eigenvalue weighted by Crippen LogP contribution is 2.30. The third-order valence-electron chi connectivity index (χ3n) is 4.24. The van der Waals surface area contributed by atoms with E-state index in [1.165, 1.54) is 11.8 Å². The Bertz CT molecular complexity index is 929. The molecule has 3 rings (SSSR count). The van der Waals surface area contributed by atoms with Crippen molar-refractivity contribution in [3.63, 3.8) is 0 Å². The average Bonchev–Trinajstić information content (AvgIpc) is 3.11. The molecule has 0 N–H and O–H groups in total. The number of ketones is 1. The fraction of sp³-hybridized carbons (Fsp3) is 0.318. The lowest BCUT2D eigenvalue weighted by Gasteiger charge is -2.16. The molecule has 0 saturated carbocycles. The predicted molar refractivity (Wildman–Crippen MR) is 113 cm³/mol. The molecule has 0 saturated heterocycles. The van der Waals surface area contributed by atoms with Gasteiger partial charge in [0.25, 0.3) is 0 Å². The Hall–Kier alpha value is -2.60. The Labute approximate surface area is 170 Å². The summed E-state index contributed by atoms with van der Waals surface area (Å²) in [6.07, 6.45) is 0. The number of aromatic nitrogens is 3. The molecule has 0 radical (unpaired) electrons. The molecule has 0 unspecified atom stereocenters. The minimum absolute atomic E-state index is 0.181. The Kier molecular flexibility index (Phi) is 6.19. The number of carbonyl (C=O) groups is 1. The second kappa shape index (κ2) is 8.61. The van der Waals surface area contributed by atoms with Gasteiger partial charge in [0.2, 0.25) is 0 Å². The third kappa shape index (κ3) is 4.62. The van der Waals surface area contributed by atoms with Crippen LogP contribution in [0.1, 0.15) is 27.7 Å². The van der Waals surface area contributed by atoms with E-state index in [1.54, 1.807) is 0 Å². The number of Topliss-reactive ketones (excluding diaryl/α,β-unsaturated/α-hetero) is 1. The van der Waals surface area contributed by atoms with Crippen LogP contribution in [0.4, 0.5) is 0 Å². The van der Waals surface area contributed by atoms with Crippen LogP contribution in [0.5, 0.6) is 5.75 Å². The van der Waals surface area contributed by atoms with Crippen LogP contribution in [0.15, 0.2) is 59.8 Å². The average molecular weight is 396 g/mol. The van der Waals surface area contributed by atoms with Crippen molar-refractivity contribution in [3.8, 4) is 22.8 Å². The first kappa shape index (κ1) is 20.1. The highest BCUT2D eigenvalue weighted by Gasteiger charge is 2.23. The molecule has 0 aliphatic carbocycles. The van der Waals surface area contributed by atoms with Gasteiger partial charge in [-0.25, -0.2) is 0 Å². The lowest BCUT2D eigenvalue weighted by atomic mass is 9.92. The topological polar surface area (TPSA) is 57.0 Å². The van der Waals surface area contributed by atoms with Gasteiger partial charge in [-0.1, -0.05) is 62.9 Å². The fourth-order valence-corrected chi connectivity index (χ4v) is 3.69. The van der Waals surface area contributed by atoms with E-state index < -0.39 is 0 Å². The van der Waals surface area contributed by atoms with Crippen LogP contribution in [0.25, 0.3) is 17.1 Å². The second-order valence-electron chi connectivity index (χ2n) is 7.40. The first-order valence-electron chi connectivity index (χ1n) is 9.30. The molecule has 0 bridgehead atoms. The summed E-state index contributed by atoms with van der Waals surface area (Å²) < 4.78 is 7.54. The van der Waals surface area contributed by atoms with Crippen LogP contribution in [0, 0.1) is 5.41 Å². The third-order valence-corrected chi connectivity index (χ3v) is 5.17. The van der Waals surface area contributed by atoms with Gasteiger partial charge in [-0.15, -0.1) is 10.2 Å². The minimum atomic E-state index is -0.376. The van der Waals surface area contributed by atoms with Crippen molar-refractivity contribution in [2.75, 3.05) is 12.4 Å². The van der Waals surface area contributed by atoms with E-state index in [0.29, 0.717) is 17.5 Å². The normalized spacial score (nSPS) is 11.4. The maximum Gasteiger partial charge on any atom is 0.196 e. The van der Waals surface area contributed by atoms with Crippen molar-refractivity contribution in [2.45, 2.75) is 32.9 Å². The summed E-state index contributed by atoms with van der Waals surface area (Å²) in [4.78, 5) is 12.4. The molecule has 5 nitrogen and oxygen atoms in total. The zero-order chi connectivity index (χ0) is 20.1. The van der Waals surface area contributed by atoms with Gasteiger partial charge in [-0.3, -0.25) is 9.36 Å². The lowest BCUT2D eigenvalue weighted by Crippen LogP contribution is -2.22. The number of rotatable bonds is 7. The zero-order valence-electron chi connectivity index (χ0n) is 16.7. The number of benzene rings is 2. The molecule has 1 heterocycles. The molecule has 0 atom stereocenters. The van der Waals surface area contributed by atoms with Crippen LogP contribution >= 0.6 is 11.8 Å². The number of thioether (sulfide) groups is 1. The predicted octanol–water partition coefficient (Wildman–Crippen LogP) is 5.04. The molecule has 146 valence electrons. The molecule has 0 aliphatic heterocycles. The van der Waals surface area contributed by atoms with Crippen LogP contribution < -0.4 is 4.74 Å². The molecule has 3 aromatic rings. The van der Waals surface area contributed by atoms with E-state index in [9.17, 15) is 4.79 Å². The van der Waals surface area contributed by atoms with Crippen LogP contribution in [0.3, 0.4) is 0 Å². The number of hydrogen-bond donors (Lipinski definition) is 0. The highest BCUT2D eigenvalue weighted by molar-refractivity contribution is 7.99. The SMILES string of the molecule is CCOc1ccc(-n2c(SCC(=O)C(C)(C)C)nnc2-c2ccccc2)cc1. The Morgan fingerprint density at radius 2 is 1.71 bits per heavy atom. The van der Waals surface area contributed by atoms with E-state index >= 15 is 0 Å². The standard InChI is InChI=1S/C22H25N3O2S/c1-5-27-18-13-11-17(12-14-18)25-20(16-9-7-6-8-10-16)23-24-21(25)28-15-19(26)22(2,3)4/h6-14H,5,15H2,1-4H3. The van der Waals surface area contributed by atoms with Crippen LogP contribution in [0.2, 0.25) is 0 Å². The summed E-state index contributed by atoms with van der Waals surface area (Å²) in [5.41, 5.74) is 1.52. The van der Waals surface area contributed by atoms with Crippen molar-refractivity contribution in [1.82, 2.24) is 14.8 Å². The first-order chi connectivity index (χ1) is 13.4. The van der Waals surface area contributed by atoms with Gasteiger partial charge >= 0.3 is 0 Å². The molecule has 1 aromatic heterocycles. The summed E-state index contributed by atoms with van der Waals surface area (Å²) in [7, 11) is 0. The fourth-order valence-electron chi connectivity index (χ4n) is 2.58. The highest BCUT2D eigenvalue weighted by atomic mass is 32.2. The van der Waals surface area contributed by atoms with Gasteiger partial charge in [0, 0.05) is 16.7 Å². The van der Waals surface area contributed by atoms with Crippen molar-refractivity contribution in [3.05, 3.63) is 54.6 Å². The summed E-state index contributed by atoms with van der Waals surface area (Å²) in [6.45, 7) is 8.38. The van der Waals surface area contributed by atoms with E-state index in [0.717, 1.165) is 22.8 Å². The Morgan fingerprint density at radius 3 is 2.32 bits per heavy atom. The van der Waals surface area contributed by atoms with Gasteiger partial charge in [0.05, 0.1) is 12.4 Å². The van der Waals surface area contributed by atoms with Gasteiger partial charge < -0.3 is 4.74 Å². The molecule has 2 aromatic carbocycles. The largest absolute Gasteiger partial charge is 0.494 e. The molecule has 28 heavy (non-hydrogen) atoms. The van der Waals surface area contributed by atoms with Crippen LogP contribution in [-0.2, 0) is 4.79 Å². The number of nitrogens with zero attached hydrogens (tertiary/aromatic N) is 3. The molecule has 0 fully saturated rings. The Balaban J connectivity index is 1.98. The van der Waals surface area contributed by atoms with Crippen molar-refractivity contribution >= 4 is 17.5 Å². The van der Waals surface area contributed by atoms with Crippen molar-refractivity contribution < 1.29 is 9.53 Å². The number of carbonyl (C=O) groups excluding carboxylic acids is 1. The summed E-state index contributed by atoms with van der Waals surface area (Å²) in [5.74, 6) is 2.10. The smallest absolute Gasteiger partial charge is 0.196 e. The maximum atomic E-state index is 12.4. The van der Waals surface area contributed by atoms with Gasteiger partial charge in [0.1, 0.15) is 11.5 Å². The summed E-state index contributed by atoms with van der Waals surface area (Å²) in [6, 6.07) is 17.8. The lowest BCUT2D eigenvalue weighted by molar-refractivity contribution is -0.123. The summed E-state index contributed by atoms with van der Waals surface area (Å²) >= 11 is 1.42. The molecule has 0 aliphatic rings. The summed E-state index contributed by atoms with van der Waals surface area (Å²) in [5, 5.41) is 9.48. The quantitative estimate of drug-likeness (QED) is 0.525. The van der Waals surface area contributed by atoms with E-state index in [1.807, 2.05) is 86.9 Å². The van der Waals surface area contributed by atoms with Gasteiger partial charge in [-0.05, 0) is 31.2 Å². The van der Waals surface area contributed by atoms with E-state index in [-0.39, 0.29) is 11.2 Å². The second-order valence-corrected chi connectivity index (χ2v) is 8.34. The van der Waals surface area contributed by atoms with Crippen molar-refractivity contribution in [2.24, 2.45) is 5.41 Å². The minimum Gasteiger partial charge on any atom is -0.494 e. The molecule has 0 amide bonds. The van der Waals surface area contributed by atoms with Crippen LogP contribution in [-0.4, -0.2) is 32.9 Å². The zero-order valence-corrected chi connectivity index (χ0v) is 17.5. The maximum absolute atomic E-state index is 12.4. The molecule has 6 heteroatoms. The number of hydrogen-bond acceptors (Lipinski definition) is 5. The van der Waals surface area contributed by atoms with E-state index in [4.69, 9.17) is 4.74 Å². The van der Waals surface area contributed by atoms with Gasteiger partial charge in [0.15, 0.2) is 11.0 Å². The molecular formula is C22H25N3O2S. The first-order valence-corrected chi connectivity index (χ1v) is 10.3. The molecular weight excluding hydrogens is 370 g/mol. The van der Waals surface area contributed by atoms with Gasteiger partial charge in [-0.2, -0.15) is 0 Å². The monoisotopic (exact) mass is 395 g/mol. The number of ether oxygens (including phenoxy) is 1. The van der Waals surface area contributed by atoms with Crippen molar-refractivity contribution in [1.29, 1.82) is 0 Å². The molecule has 0 spiro atoms. The Morgan fingerprint density at radius 1 is 1.04 bits per heavy atom. The van der Waals surface area contributed by atoms with E-state index in [2.05, 4.69) is 10.2 Å².